The summed E-state index contributed by atoms with van der Waals surface area (Å²) in [5.74, 6) is 0. The molecule has 0 saturated heterocycles. The van der Waals surface area contributed by atoms with Gasteiger partial charge < -0.3 is 5.32 Å². The van der Waals surface area contributed by atoms with Crippen LogP contribution in [0.5, 0.6) is 0 Å². The molecule has 1 heterocycles. The summed E-state index contributed by atoms with van der Waals surface area (Å²) in [4.78, 5) is 0. The summed E-state index contributed by atoms with van der Waals surface area (Å²) in [5, 5.41) is 9.91. The number of unbranched alkanes of at least 4 members (excludes halogenated alkanes) is 2. The number of aromatic nitrogens is 2. The van der Waals surface area contributed by atoms with Gasteiger partial charge in [-0.15, -0.1) is 0 Å². The van der Waals surface area contributed by atoms with Gasteiger partial charge in [0.1, 0.15) is 0 Å². The van der Waals surface area contributed by atoms with Crippen LogP contribution in [0.15, 0.2) is 0 Å². The molecule has 0 aliphatic heterocycles. The predicted molar refractivity (Wildman–Crippen MR) is 81.6 cm³/mol. The Bertz CT molecular complexity index is 352. The van der Waals surface area contributed by atoms with Gasteiger partial charge in [0.2, 0.25) is 0 Å². The van der Waals surface area contributed by atoms with E-state index in [1.54, 1.807) is 0 Å². The number of nitrogens with one attached hydrogen (secondary N) is 1. The lowest BCUT2D eigenvalue weighted by Gasteiger charge is -2.07. The number of hydrogen-bond donors (Lipinski definition) is 1. The highest BCUT2D eigenvalue weighted by Gasteiger charge is 2.13. The highest BCUT2D eigenvalue weighted by molar-refractivity contribution is 9.09. The molecule has 0 radical (unpaired) electrons. The van der Waals surface area contributed by atoms with Gasteiger partial charge in [0, 0.05) is 18.4 Å². The summed E-state index contributed by atoms with van der Waals surface area (Å²) in [6.45, 7) is 6.92. The topological polar surface area (TPSA) is 29.9 Å². The Labute approximate surface area is 123 Å². The molecule has 0 aliphatic carbocycles. The zero-order chi connectivity index (χ0) is 13.4. The monoisotopic (exact) mass is 335 g/mol. The molecule has 0 atom stereocenters. The molecule has 1 aromatic rings. The number of hydrogen-bond acceptors (Lipinski definition) is 2. The van der Waals surface area contributed by atoms with E-state index in [1.165, 1.54) is 19.3 Å². The van der Waals surface area contributed by atoms with E-state index in [2.05, 4.69) is 40.2 Å². The average Bonchev–Trinajstić information content (AvgIpc) is 2.70. The number of alkyl halides is 1. The van der Waals surface area contributed by atoms with Crippen molar-refractivity contribution in [1.29, 1.82) is 0 Å². The molecular weight excluding hydrogens is 314 g/mol. The molecule has 18 heavy (non-hydrogen) atoms. The fourth-order valence-electron chi connectivity index (χ4n) is 1.91. The maximum atomic E-state index is 6.34. The molecule has 1 aromatic heterocycles. The predicted octanol–water partition coefficient (Wildman–Crippen LogP) is 3.77. The maximum absolute atomic E-state index is 6.34. The Balaban J connectivity index is 2.43. The second kappa shape index (κ2) is 8.94. The molecule has 0 aromatic carbocycles. The fraction of sp³-hybridized carbons (Fsp3) is 0.769. The summed E-state index contributed by atoms with van der Waals surface area (Å²) in [6, 6.07) is 0. The Morgan fingerprint density at radius 2 is 2.06 bits per heavy atom. The van der Waals surface area contributed by atoms with Gasteiger partial charge >= 0.3 is 0 Å². The molecule has 0 amide bonds. The van der Waals surface area contributed by atoms with E-state index < -0.39 is 0 Å². The summed E-state index contributed by atoms with van der Waals surface area (Å²) >= 11 is 9.79. The summed E-state index contributed by atoms with van der Waals surface area (Å²) in [7, 11) is 0. The van der Waals surface area contributed by atoms with Gasteiger partial charge in [-0.3, -0.25) is 4.68 Å². The van der Waals surface area contributed by atoms with Crippen LogP contribution in [0.4, 0.5) is 0 Å². The van der Waals surface area contributed by atoms with Crippen molar-refractivity contribution in [3.63, 3.8) is 0 Å². The normalized spacial score (nSPS) is 11.1. The molecule has 1 rings (SSSR count). The molecule has 0 aliphatic rings. The van der Waals surface area contributed by atoms with Crippen molar-refractivity contribution in [2.75, 3.05) is 11.9 Å². The van der Waals surface area contributed by atoms with Gasteiger partial charge in [-0.25, -0.2) is 0 Å². The SMILES string of the molecule is CCc1nn(CC)c(CNCCCCCBr)c1Cl. The second-order valence-electron chi connectivity index (χ2n) is 4.30. The number of halogens is 2. The third-order valence-corrected chi connectivity index (χ3v) is 3.97. The van der Waals surface area contributed by atoms with Crippen LogP contribution < -0.4 is 5.32 Å². The van der Waals surface area contributed by atoms with Crippen molar-refractivity contribution in [3.8, 4) is 0 Å². The highest BCUT2D eigenvalue weighted by Crippen LogP contribution is 2.21. The van der Waals surface area contributed by atoms with Crippen molar-refractivity contribution in [1.82, 2.24) is 15.1 Å². The molecule has 0 spiro atoms. The van der Waals surface area contributed by atoms with E-state index in [0.29, 0.717) is 0 Å². The van der Waals surface area contributed by atoms with Gasteiger partial charge in [0.05, 0.1) is 16.4 Å². The number of nitrogens with zero attached hydrogens (tertiary/aromatic N) is 2. The minimum atomic E-state index is 0.813. The molecule has 0 saturated carbocycles. The van der Waals surface area contributed by atoms with E-state index in [4.69, 9.17) is 11.6 Å². The van der Waals surface area contributed by atoms with Crippen LogP contribution in [0.3, 0.4) is 0 Å². The summed E-state index contributed by atoms with van der Waals surface area (Å²) < 4.78 is 2.01. The van der Waals surface area contributed by atoms with Gasteiger partial charge in [-0.2, -0.15) is 5.10 Å². The first-order valence-corrected chi connectivity index (χ1v) is 8.25. The Morgan fingerprint density at radius 3 is 2.67 bits per heavy atom. The molecule has 0 fully saturated rings. The largest absolute Gasteiger partial charge is 0.311 e. The van der Waals surface area contributed by atoms with Crippen LogP contribution in [0.25, 0.3) is 0 Å². The molecular formula is C13H23BrClN3. The number of aryl methyl sites for hydroxylation is 2. The zero-order valence-corrected chi connectivity index (χ0v) is 13.6. The minimum absolute atomic E-state index is 0.813. The first-order valence-electron chi connectivity index (χ1n) is 6.75. The van der Waals surface area contributed by atoms with E-state index >= 15 is 0 Å². The third kappa shape index (κ3) is 4.56. The van der Waals surface area contributed by atoms with Gasteiger partial charge in [0.15, 0.2) is 0 Å². The lowest BCUT2D eigenvalue weighted by Crippen LogP contribution is -2.18. The first-order chi connectivity index (χ1) is 8.74. The van der Waals surface area contributed by atoms with Crippen LogP contribution in [-0.2, 0) is 19.5 Å². The van der Waals surface area contributed by atoms with E-state index in [9.17, 15) is 0 Å². The quantitative estimate of drug-likeness (QED) is 0.549. The molecule has 3 nitrogen and oxygen atoms in total. The van der Waals surface area contributed by atoms with Crippen LogP contribution in [-0.4, -0.2) is 21.7 Å². The lowest BCUT2D eigenvalue weighted by atomic mass is 10.2. The van der Waals surface area contributed by atoms with Crippen LogP contribution in [0.2, 0.25) is 5.02 Å². The summed E-state index contributed by atoms with van der Waals surface area (Å²) in [5.41, 5.74) is 2.13. The van der Waals surface area contributed by atoms with Crippen LogP contribution in [0.1, 0.15) is 44.5 Å². The molecule has 0 unspecified atom stereocenters. The van der Waals surface area contributed by atoms with Crippen molar-refractivity contribution < 1.29 is 0 Å². The lowest BCUT2D eigenvalue weighted by molar-refractivity contribution is 0.562. The number of rotatable bonds is 9. The molecule has 0 bridgehead atoms. The highest BCUT2D eigenvalue weighted by atomic mass is 79.9. The van der Waals surface area contributed by atoms with Gasteiger partial charge in [-0.1, -0.05) is 40.9 Å². The maximum Gasteiger partial charge on any atom is 0.0863 e. The zero-order valence-electron chi connectivity index (χ0n) is 11.3. The Kier molecular flexibility index (Phi) is 7.95. The molecule has 5 heteroatoms. The minimum Gasteiger partial charge on any atom is -0.311 e. The average molecular weight is 337 g/mol. The van der Waals surface area contributed by atoms with E-state index in [1.807, 2.05) is 4.68 Å². The fourth-order valence-corrected chi connectivity index (χ4v) is 2.65. The van der Waals surface area contributed by atoms with Crippen molar-refractivity contribution in [3.05, 3.63) is 16.4 Å². The molecule has 1 N–H and O–H groups in total. The van der Waals surface area contributed by atoms with Crippen molar-refractivity contribution in [2.24, 2.45) is 0 Å². The first kappa shape index (κ1) is 16.0. The van der Waals surface area contributed by atoms with Gasteiger partial charge in [0.25, 0.3) is 0 Å². The Hall–Kier alpha value is -0.0600. The van der Waals surface area contributed by atoms with Gasteiger partial charge in [-0.05, 0) is 32.7 Å². The van der Waals surface area contributed by atoms with E-state index in [0.717, 1.165) is 47.8 Å². The third-order valence-electron chi connectivity index (χ3n) is 2.97. The van der Waals surface area contributed by atoms with E-state index in [-0.39, 0.29) is 0 Å². The smallest absolute Gasteiger partial charge is 0.0863 e. The van der Waals surface area contributed by atoms with Crippen molar-refractivity contribution >= 4 is 27.5 Å². The second-order valence-corrected chi connectivity index (χ2v) is 5.47. The summed E-state index contributed by atoms with van der Waals surface area (Å²) in [6.07, 6.45) is 4.61. The Morgan fingerprint density at radius 1 is 1.28 bits per heavy atom. The van der Waals surface area contributed by atoms with Crippen LogP contribution in [0, 0.1) is 0 Å². The van der Waals surface area contributed by atoms with Crippen LogP contribution >= 0.6 is 27.5 Å². The van der Waals surface area contributed by atoms with Crippen molar-refractivity contribution in [2.45, 2.75) is 52.6 Å². The molecule has 104 valence electrons. The standard InChI is InChI=1S/C13H23BrClN3/c1-3-11-13(15)12(18(4-2)17-11)10-16-9-7-5-6-8-14/h16H,3-10H2,1-2H3.